The summed E-state index contributed by atoms with van der Waals surface area (Å²) in [6, 6.07) is 0. The van der Waals surface area contributed by atoms with Gasteiger partial charge in [-0.3, -0.25) is 0 Å². The van der Waals surface area contributed by atoms with Gasteiger partial charge in [0.05, 0.1) is 6.10 Å². The predicted octanol–water partition coefficient (Wildman–Crippen LogP) is 1.59. The lowest BCUT2D eigenvalue weighted by Gasteiger charge is -2.22. The van der Waals surface area contributed by atoms with Crippen molar-refractivity contribution in [3.8, 4) is 0 Å². The van der Waals surface area contributed by atoms with Crippen molar-refractivity contribution in [3.05, 3.63) is 0 Å². The van der Waals surface area contributed by atoms with Crippen LogP contribution < -0.4 is 0 Å². The van der Waals surface area contributed by atoms with E-state index in [4.69, 9.17) is 14.7 Å². The third kappa shape index (κ3) is 6.39. The molecular weight excluding hydrogens is 278 g/mol. The largest absolute Gasteiger partial charge is 0.476 e. The van der Waals surface area contributed by atoms with Gasteiger partial charge in [0.15, 0.2) is 0 Å². The van der Waals surface area contributed by atoms with Crippen LogP contribution in [0.15, 0.2) is 0 Å². The molecule has 0 aliphatic heterocycles. The van der Waals surface area contributed by atoms with Gasteiger partial charge in [-0.05, 0) is 24.6 Å². The molecule has 96 valence electrons. The standard InChI is InChI=1S/C6H14O7P2S/c7-14(8,9)13-15(10,16)12-11-6-4-2-1-3-5-6/h6H,1-5H2,(H,10,16)(H2,7,8,9). The predicted molar refractivity (Wildman–Crippen MR) is 58.7 cm³/mol. The molecule has 0 bridgehead atoms. The van der Waals surface area contributed by atoms with Crippen molar-refractivity contribution in [1.82, 2.24) is 0 Å². The Morgan fingerprint density at radius 1 is 1.12 bits per heavy atom. The normalized spacial score (nSPS) is 22.9. The fraction of sp³-hybridized carbons (Fsp3) is 1.00. The van der Waals surface area contributed by atoms with E-state index in [1.165, 1.54) is 0 Å². The Labute approximate surface area is 98.1 Å². The molecule has 1 saturated carbocycles. The highest BCUT2D eigenvalue weighted by Crippen LogP contribution is 2.58. The lowest BCUT2D eigenvalue weighted by atomic mass is 9.98. The van der Waals surface area contributed by atoms with Gasteiger partial charge in [-0.25, -0.2) is 13.8 Å². The van der Waals surface area contributed by atoms with Crippen molar-refractivity contribution >= 4 is 26.3 Å². The molecule has 10 heteroatoms. The second-order valence-corrected chi connectivity index (χ2v) is 7.58. The van der Waals surface area contributed by atoms with Gasteiger partial charge in [0.1, 0.15) is 0 Å². The molecule has 1 atom stereocenters. The monoisotopic (exact) mass is 292 g/mol. The average Bonchev–Trinajstić information content (AvgIpc) is 2.13. The Morgan fingerprint density at radius 3 is 2.19 bits per heavy atom. The van der Waals surface area contributed by atoms with E-state index in [-0.39, 0.29) is 6.10 Å². The van der Waals surface area contributed by atoms with Crippen LogP contribution in [0.3, 0.4) is 0 Å². The highest BCUT2D eigenvalue weighted by Gasteiger charge is 2.30. The summed E-state index contributed by atoms with van der Waals surface area (Å²) < 4.78 is 18.8. The van der Waals surface area contributed by atoms with Crippen LogP contribution in [0.25, 0.3) is 0 Å². The summed E-state index contributed by atoms with van der Waals surface area (Å²) >= 11 is 4.36. The molecule has 3 N–H and O–H groups in total. The Hall–Kier alpha value is 0.640. The summed E-state index contributed by atoms with van der Waals surface area (Å²) in [5, 5.41) is 0. The molecular formula is C6H14O7P2S. The second kappa shape index (κ2) is 6.00. The third-order valence-electron chi connectivity index (χ3n) is 2.04. The highest BCUT2D eigenvalue weighted by atomic mass is 32.5. The van der Waals surface area contributed by atoms with Crippen LogP contribution in [0.4, 0.5) is 0 Å². The molecule has 0 aromatic carbocycles. The van der Waals surface area contributed by atoms with Crippen LogP contribution in [0.1, 0.15) is 32.1 Å². The fourth-order valence-electron chi connectivity index (χ4n) is 1.42. The van der Waals surface area contributed by atoms with Crippen LogP contribution in [0.5, 0.6) is 0 Å². The highest BCUT2D eigenvalue weighted by molar-refractivity contribution is 8.08. The van der Waals surface area contributed by atoms with Gasteiger partial charge in [-0.1, -0.05) is 19.3 Å². The zero-order valence-electron chi connectivity index (χ0n) is 8.39. The molecule has 0 heterocycles. The third-order valence-corrected chi connectivity index (χ3v) is 4.77. The minimum absolute atomic E-state index is 0.205. The van der Waals surface area contributed by atoms with E-state index in [2.05, 4.69) is 20.8 Å². The van der Waals surface area contributed by atoms with Crippen molar-refractivity contribution in [2.45, 2.75) is 38.2 Å². The van der Waals surface area contributed by atoms with Gasteiger partial charge in [0.25, 0.3) is 0 Å². The molecule has 16 heavy (non-hydrogen) atoms. The topological polar surface area (TPSA) is 105 Å². The van der Waals surface area contributed by atoms with E-state index in [0.717, 1.165) is 32.1 Å². The maximum Gasteiger partial charge on any atom is 0.476 e. The SMILES string of the molecule is O=P(O)(O)OP(O)(=S)OOC1CCCCC1. The van der Waals surface area contributed by atoms with Crippen molar-refractivity contribution < 1.29 is 33.1 Å². The van der Waals surface area contributed by atoms with Crippen molar-refractivity contribution in [2.24, 2.45) is 0 Å². The number of phosphoric acid groups is 1. The zero-order chi connectivity index (χ0) is 12.2. The van der Waals surface area contributed by atoms with Crippen LogP contribution in [-0.2, 0) is 30.2 Å². The van der Waals surface area contributed by atoms with E-state index >= 15 is 0 Å². The van der Waals surface area contributed by atoms with Gasteiger partial charge in [-0.15, -0.1) is 4.67 Å². The molecule has 0 aromatic heterocycles. The van der Waals surface area contributed by atoms with E-state index in [9.17, 15) is 9.46 Å². The van der Waals surface area contributed by atoms with Gasteiger partial charge in [-0.2, -0.15) is 0 Å². The first kappa shape index (κ1) is 14.7. The van der Waals surface area contributed by atoms with Crippen LogP contribution in [0.2, 0.25) is 0 Å². The van der Waals surface area contributed by atoms with Crippen molar-refractivity contribution in [3.63, 3.8) is 0 Å². The molecule has 7 nitrogen and oxygen atoms in total. The second-order valence-electron chi connectivity index (χ2n) is 3.47. The minimum Gasteiger partial charge on any atom is -0.323 e. The fourth-order valence-corrected chi connectivity index (χ4v) is 3.73. The first-order valence-electron chi connectivity index (χ1n) is 4.73. The lowest BCUT2D eigenvalue weighted by molar-refractivity contribution is -0.256. The smallest absolute Gasteiger partial charge is 0.323 e. The first-order valence-corrected chi connectivity index (χ1v) is 8.85. The lowest BCUT2D eigenvalue weighted by Crippen LogP contribution is -2.16. The summed E-state index contributed by atoms with van der Waals surface area (Å²) in [6.07, 6.45) is 4.43. The first-order chi connectivity index (χ1) is 7.29. The maximum absolute atomic E-state index is 10.4. The number of hydrogen-bond donors (Lipinski definition) is 3. The van der Waals surface area contributed by atoms with Crippen LogP contribution in [0, 0.1) is 0 Å². The van der Waals surface area contributed by atoms with Crippen LogP contribution in [-0.4, -0.2) is 20.8 Å². The maximum atomic E-state index is 10.4. The summed E-state index contributed by atoms with van der Waals surface area (Å²) in [5.74, 6) is 0. The summed E-state index contributed by atoms with van der Waals surface area (Å²) in [4.78, 5) is 31.0. The molecule has 0 saturated heterocycles. The molecule has 0 amide bonds. The average molecular weight is 292 g/mol. The Balaban J connectivity index is 2.35. The van der Waals surface area contributed by atoms with Gasteiger partial charge in [0, 0.05) is 0 Å². The van der Waals surface area contributed by atoms with Crippen molar-refractivity contribution in [2.75, 3.05) is 0 Å². The van der Waals surface area contributed by atoms with E-state index in [1.54, 1.807) is 0 Å². The molecule has 1 rings (SSSR count). The van der Waals surface area contributed by atoms with E-state index in [1.807, 2.05) is 0 Å². The van der Waals surface area contributed by atoms with E-state index in [0.29, 0.717) is 0 Å². The van der Waals surface area contributed by atoms with E-state index < -0.39 is 14.5 Å². The molecule has 0 spiro atoms. The Kier molecular flexibility index (Phi) is 5.51. The van der Waals surface area contributed by atoms with Gasteiger partial charge < -0.3 is 14.7 Å². The molecule has 1 fully saturated rings. The molecule has 0 radical (unpaired) electrons. The van der Waals surface area contributed by atoms with Gasteiger partial charge >= 0.3 is 14.5 Å². The molecule has 0 aromatic rings. The van der Waals surface area contributed by atoms with Crippen molar-refractivity contribution in [1.29, 1.82) is 0 Å². The zero-order valence-corrected chi connectivity index (χ0v) is 11.0. The Morgan fingerprint density at radius 2 is 1.69 bits per heavy atom. The number of rotatable bonds is 5. The molecule has 1 unspecified atom stereocenters. The van der Waals surface area contributed by atoms with Crippen LogP contribution >= 0.6 is 14.5 Å². The Bertz CT molecular complexity index is 310. The number of hydrogen-bond acceptors (Lipinski definition) is 5. The summed E-state index contributed by atoms with van der Waals surface area (Å²) in [6.45, 7) is -4.03. The minimum atomic E-state index is -4.87. The molecule has 1 aliphatic rings. The van der Waals surface area contributed by atoms with Gasteiger partial charge in [0.2, 0.25) is 0 Å². The summed E-state index contributed by atoms with van der Waals surface area (Å²) in [7, 11) is -4.87. The summed E-state index contributed by atoms with van der Waals surface area (Å²) in [5.41, 5.74) is 0. The quantitative estimate of drug-likeness (QED) is 0.398. The molecule has 1 aliphatic carbocycles.